The van der Waals surface area contributed by atoms with E-state index in [1.165, 1.54) is 0 Å². The second-order valence-corrected chi connectivity index (χ2v) is 6.55. The van der Waals surface area contributed by atoms with Crippen molar-refractivity contribution in [3.63, 3.8) is 0 Å². The molecule has 16 heteroatoms. The van der Waals surface area contributed by atoms with Crippen LogP contribution in [-0.2, 0) is 35.6 Å². The van der Waals surface area contributed by atoms with Crippen LogP contribution in [0, 0.1) is 0 Å². The van der Waals surface area contributed by atoms with E-state index in [4.69, 9.17) is 0 Å². The van der Waals surface area contributed by atoms with Crippen LogP contribution in [0.4, 0.5) is 16.6 Å². The van der Waals surface area contributed by atoms with Gasteiger partial charge in [0.25, 0.3) is 0 Å². The molecule has 18 heavy (non-hydrogen) atoms. The Bertz CT molecular complexity index is 647. The molecular weight excluding hydrogens is 336 g/mol. The third-order valence-electron chi connectivity index (χ3n) is 1.03. The predicted octanol–water partition coefficient (Wildman–Crippen LogP) is -1.96. The summed E-state index contributed by atoms with van der Waals surface area (Å²) in [6.07, 6.45) is 0. The summed E-state index contributed by atoms with van der Waals surface area (Å²) in [5.41, 5.74) is 0. The van der Waals surface area contributed by atoms with E-state index in [1.807, 2.05) is 0 Å². The lowest BCUT2D eigenvalue weighted by Crippen LogP contribution is -2.52. The Labute approximate surface area is 97.9 Å². The normalized spacial score (nSPS) is 14.2. The summed E-state index contributed by atoms with van der Waals surface area (Å²) in [7, 11) is -18.7. The standard InChI is InChI=1S/C2H2F4N2O7S3/c3-2(4,1(9)7-17(5,12)13)16(10,11)8-18(6,14)15/h8H,(H,7,9). The van der Waals surface area contributed by atoms with Crippen LogP contribution in [0.5, 0.6) is 0 Å². The van der Waals surface area contributed by atoms with E-state index in [9.17, 15) is 46.6 Å². The smallest absolute Gasteiger partial charge is 0.266 e. The van der Waals surface area contributed by atoms with Gasteiger partial charge in [0.2, 0.25) is 0 Å². The number of amides is 1. The molecule has 0 aromatic carbocycles. The largest absolute Gasteiger partial charge is 0.437 e. The maximum atomic E-state index is 12.7. The van der Waals surface area contributed by atoms with Crippen molar-refractivity contribution in [2.45, 2.75) is 5.25 Å². The van der Waals surface area contributed by atoms with Gasteiger partial charge in [-0.15, -0.1) is 0 Å². The van der Waals surface area contributed by atoms with Crippen LogP contribution >= 0.6 is 0 Å². The number of rotatable bonds is 5. The van der Waals surface area contributed by atoms with E-state index in [0.29, 0.717) is 0 Å². The summed E-state index contributed by atoms with van der Waals surface area (Å²) >= 11 is 0. The zero-order valence-electron chi connectivity index (χ0n) is 7.59. The summed E-state index contributed by atoms with van der Waals surface area (Å²) in [6.45, 7) is 0. The van der Waals surface area contributed by atoms with Gasteiger partial charge in [-0.05, 0) is 0 Å². The molecule has 0 radical (unpaired) electrons. The summed E-state index contributed by atoms with van der Waals surface area (Å²) < 4.78 is 109. The third-order valence-corrected chi connectivity index (χ3v) is 3.99. The van der Waals surface area contributed by atoms with Crippen molar-refractivity contribution in [3.05, 3.63) is 0 Å². The first-order valence-corrected chi connectivity index (χ1v) is 7.46. The van der Waals surface area contributed by atoms with Crippen molar-refractivity contribution < 1.29 is 46.6 Å². The minimum atomic E-state index is -6.48. The van der Waals surface area contributed by atoms with Gasteiger partial charge >= 0.3 is 42.0 Å². The van der Waals surface area contributed by atoms with Crippen LogP contribution in [0.3, 0.4) is 0 Å². The Morgan fingerprint density at radius 1 is 0.889 bits per heavy atom. The zero-order chi connectivity index (χ0) is 15.0. The van der Waals surface area contributed by atoms with E-state index in [-0.39, 0.29) is 8.85 Å². The molecule has 0 aliphatic rings. The number of sulfonamides is 1. The molecule has 2 N–H and O–H groups in total. The van der Waals surface area contributed by atoms with Crippen molar-refractivity contribution in [2.24, 2.45) is 0 Å². The number of alkyl halides is 2. The molecule has 0 aromatic heterocycles. The molecule has 0 spiro atoms. The zero-order valence-corrected chi connectivity index (χ0v) is 10.0. The monoisotopic (exact) mass is 338 g/mol. The average Bonchev–Trinajstić information content (AvgIpc) is 1.94. The quantitative estimate of drug-likeness (QED) is 0.437. The highest BCUT2D eigenvalue weighted by Crippen LogP contribution is 2.22. The minimum Gasteiger partial charge on any atom is -0.266 e. The van der Waals surface area contributed by atoms with Crippen molar-refractivity contribution >= 4 is 36.7 Å². The van der Waals surface area contributed by atoms with Gasteiger partial charge in [-0.1, -0.05) is 11.9 Å². The average molecular weight is 338 g/mol. The molecule has 0 unspecified atom stereocenters. The van der Waals surface area contributed by atoms with Gasteiger partial charge in [-0.3, -0.25) is 4.79 Å². The second kappa shape index (κ2) is 4.59. The third kappa shape index (κ3) is 4.70. The van der Waals surface area contributed by atoms with Crippen molar-refractivity contribution in [2.75, 3.05) is 0 Å². The van der Waals surface area contributed by atoms with Gasteiger partial charge in [-0.25, -0.2) is 13.1 Å². The van der Waals surface area contributed by atoms with Crippen LogP contribution in [-0.4, -0.2) is 36.4 Å². The van der Waals surface area contributed by atoms with E-state index in [1.54, 1.807) is 0 Å². The van der Waals surface area contributed by atoms with Crippen LogP contribution in [0.2, 0.25) is 0 Å². The fourth-order valence-electron chi connectivity index (χ4n) is 0.476. The van der Waals surface area contributed by atoms with Gasteiger partial charge < -0.3 is 0 Å². The van der Waals surface area contributed by atoms with E-state index in [0.717, 1.165) is 0 Å². The fraction of sp³-hybridized carbons (Fsp3) is 0.500. The molecular formula is C2H2F4N2O7S3. The van der Waals surface area contributed by atoms with E-state index < -0.39 is 42.0 Å². The van der Waals surface area contributed by atoms with E-state index in [2.05, 4.69) is 0 Å². The van der Waals surface area contributed by atoms with Crippen molar-refractivity contribution in [1.82, 2.24) is 8.85 Å². The van der Waals surface area contributed by atoms with Crippen LogP contribution < -0.4 is 8.85 Å². The number of hydrogen-bond acceptors (Lipinski definition) is 7. The Kier molecular flexibility index (Phi) is 4.34. The molecule has 0 aliphatic carbocycles. The highest BCUT2D eigenvalue weighted by atomic mass is 32.3. The van der Waals surface area contributed by atoms with Gasteiger partial charge in [0.1, 0.15) is 0 Å². The van der Waals surface area contributed by atoms with Crippen LogP contribution in [0.1, 0.15) is 0 Å². The maximum absolute atomic E-state index is 12.7. The summed E-state index contributed by atoms with van der Waals surface area (Å²) in [5.74, 6) is -3.24. The number of carbonyl (C=O) groups excluding carboxylic acids is 1. The molecule has 0 saturated carbocycles. The van der Waals surface area contributed by atoms with Crippen LogP contribution in [0.25, 0.3) is 0 Å². The summed E-state index contributed by atoms with van der Waals surface area (Å²) in [5, 5.41) is -5.76. The molecule has 0 bridgehead atoms. The SMILES string of the molecule is O=C(NS(=O)(=O)F)C(F)(F)S(=O)(=O)NS(=O)(=O)F. The number of hydrogen-bond donors (Lipinski definition) is 2. The predicted molar refractivity (Wildman–Crippen MR) is 45.2 cm³/mol. The first kappa shape index (κ1) is 17.0. The number of nitrogens with one attached hydrogen (secondary N) is 2. The van der Waals surface area contributed by atoms with Gasteiger partial charge in [0.05, 0.1) is 0 Å². The molecule has 0 heterocycles. The molecule has 0 atom stereocenters. The Morgan fingerprint density at radius 2 is 1.28 bits per heavy atom. The Morgan fingerprint density at radius 3 is 1.56 bits per heavy atom. The minimum absolute atomic E-state index is 0.0685. The molecule has 0 aromatic rings. The van der Waals surface area contributed by atoms with Crippen LogP contribution in [0.15, 0.2) is 0 Å². The Balaban J connectivity index is 5.46. The van der Waals surface area contributed by atoms with Gasteiger partial charge in [-0.2, -0.15) is 25.6 Å². The number of halogens is 4. The summed E-state index contributed by atoms with van der Waals surface area (Å²) in [4.78, 5) is 10.4. The molecule has 0 rings (SSSR count). The molecule has 0 fully saturated rings. The Hall–Kier alpha value is -1.00. The molecule has 108 valence electrons. The van der Waals surface area contributed by atoms with Gasteiger partial charge in [0.15, 0.2) is 0 Å². The first-order valence-electron chi connectivity index (χ1n) is 3.21. The lowest BCUT2D eigenvalue weighted by molar-refractivity contribution is -0.133. The molecule has 1 amide bonds. The van der Waals surface area contributed by atoms with Crippen molar-refractivity contribution in [1.29, 1.82) is 0 Å². The fourth-order valence-corrected chi connectivity index (χ4v) is 2.65. The molecule has 9 nitrogen and oxygen atoms in total. The first-order chi connectivity index (χ1) is 7.58. The maximum Gasteiger partial charge on any atom is 0.437 e. The molecule has 0 saturated heterocycles. The lowest BCUT2D eigenvalue weighted by atomic mass is 10.7. The lowest BCUT2D eigenvalue weighted by Gasteiger charge is -2.13. The topological polar surface area (TPSA) is 144 Å². The highest BCUT2D eigenvalue weighted by Gasteiger charge is 2.55. The van der Waals surface area contributed by atoms with Gasteiger partial charge in [0, 0.05) is 0 Å². The highest BCUT2D eigenvalue weighted by molar-refractivity contribution is 8.03. The second-order valence-electron chi connectivity index (χ2n) is 2.41. The van der Waals surface area contributed by atoms with Crippen molar-refractivity contribution in [3.8, 4) is 0 Å². The summed E-state index contributed by atoms with van der Waals surface area (Å²) in [6, 6.07) is 0. The molecule has 0 aliphatic heterocycles. The number of carbonyl (C=O) groups is 1. The van der Waals surface area contributed by atoms with E-state index >= 15 is 0 Å².